The third-order valence-electron chi connectivity index (χ3n) is 4.14. The van der Waals surface area contributed by atoms with E-state index in [1.807, 2.05) is 14.0 Å². The Labute approximate surface area is 122 Å². The first-order valence-electron chi connectivity index (χ1n) is 7.75. The Hall–Kier alpha value is -0.900. The second-order valence-electron chi connectivity index (χ2n) is 5.45. The van der Waals surface area contributed by atoms with Gasteiger partial charge in [0.1, 0.15) is 0 Å². The SMILES string of the molecule is CCOCc1ccccc1CNC1CCCCC1OC. The number of methoxy groups -OCH3 is 1. The number of rotatable bonds is 7. The zero-order chi connectivity index (χ0) is 14.2. The fourth-order valence-corrected chi connectivity index (χ4v) is 2.94. The highest BCUT2D eigenvalue weighted by molar-refractivity contribution is 5.26. The van der Waals surface area contributed by atoms with Crippen LogP contribution < -0.4 is 5.32 Å². The van der Waals surface area contributed by atoms with Crippen molar-refractivity contribution in [2.24, 2.45) is 0 Å². The molecule has 0 spiro atoms. The predicted molar refractivity (Wildman–Crippen MR) is 81.7 cm³/mol. The van der Waals surface area contributed by atoms with Crippen molar-refractivity contribution in [3.05, 3.63) is 35.4 Å². The van der Waals surface area contributed by atoms with Crippen LogP contribution in [0, 0.1) is 0 Å². The molecule has 0 radical (unpaired) electrons. The molecule has 1 saturated carbocycles. The van der Waals surface area contributed by atoms with Gasteiger partial charge in [-0.25, -0.2) is 0 Å². The van der Waals surface area contributed by atoms with Crippen LogP contribution in [0.4, 0.5) is 0 Å². The van der Waals surface area contributed by atoms with Gasteiger partial charge in [-0.2, -0.15) is 0 Å². The summed E-state index contributed by atoms with van der Waals surface area (Å²) in [7, 11) is 1.83. The predicted octanol–water partition coefficient (Wildman–Crippen LogP) is 3.27. The summed E-state index contributed by atoms with van der Waals surface area (Å²) in [5.74, 6) is 0. The van der Waals surface area contributed by atoms with Gasteiger partial charge < -0.3 is 14.8 Å². The summed E-state index contributed by atoms with van der Waals surface area (Å²) in [4.78, 5) is 0. The molecule has 1 aliphatic carbocycles. The van der Waals surface area contributed by atoms with E-state index >= 15 is 0 Å². The number of hydrogen-bond acceptors (Lipinski definition) is 3. The fraction of sp³-hybridized carbons (Fsp3) is 0.647. The average Bonchev–Trinajstić information content (AvgIpc) is 2.52. The van der Waals surface area contributed by atoms with E-state index in [0.717, 1.165) is 13.2 Å². The van der Waals surface area contributed by atoms with Crippen molar-refractivity contribution < 1.29 is 9.47 Å². The van der Waals surface area contributed by atoms with Crippen LogP contribution in [0.2, 0.25) is 0 Å². The summed E-state index contributed by atoms with van der Waals surface area (Å²) >= 11 is 0. The van der Waals surface area contributed by atoms with Crippen LogP contribution in [0.3, 0.4) is 0 Å². The molecule has 20 heavy (non-hydrogen) atoms. The van der Waals surface area contributed by atoms with Gasteiger partial charge in [0.15, 0.2) is 0 Å². The number of nitrogens with one attached hydrogen (secondary N) is 1. The number of benzene rings is 1. The van der Waals surface area contributed by atoms with Gasteiger partial charge in [0.2, 0.25) is 0 Å². The van der Waals surface area contributed by atoms with E-state index < -0.39 is 0 Å². The van der Waals surface area contributed by atoms with Gasteiger partial charge in [-0.05, 0) is 30.9 Å². The van der Waals surface area contributed by atoms with Crippen molar-refractivity contribution in [1.29, 1.82) is 0 Å². The topological polar surface area (TPSA) is 30.5 Å². The minimum atomic E-state index is 0.364. The Morgan fingerprint density at radius 1 is 1.15 bits per heavy atom. The van der Waals surface area contributed by atoms with Crippen LogP contribution in [-0.4, -0.2) is 25.9 Å². The van der Waals surface area contributed by atoms with Gasteiger partial charge in [0, 0.05) is 26.3 Å². The lowest BCUT2D eigenvalue weighted by Gasteiger charge is -2.31. The lowest BCUT2D eigenvalue weighted by molar-refractivity contribution is 0.0412. The summed E-state index contributed by atoms with van der Waals surface area (Å²) in [6.07, 6.45) is 5.35. The van der Waals surface area contributed by atoms with E-state index in [0.29, 0.717) is 18.8 Å². The second-order valence-corrected chi connectivity index (χ2v) is 5.45. The summed E-state index contributed by atoms with van der Waals surface area (Å²) in [5.41, 5.74) is 2.62. The highest BCUT2D eigenvalue weighted by Gasteiger charge is 2.24. The normalized spacial score (nSPS) is 22.9. The summed E-state index contributed by atoms with van der Waals surface area (Å²) in [6.45, 7) is 4.39. The highest BCUT2D eigenvalue weighted by atomic mass is 16.5. The van der Waals surface area contributed by atoms with Crippen LogP contribution in [0.5, 0.6) is 0 Å². The molecule has 112 valence electrons. The maximum Gasteiger partial charge on any atom is 0.0724 e. The molecule has 1 N–H and O–H groups in total. The first-order chi connectivity index (χ1) is 9.85. The Morgan fingerprint density at radius 2 is 1.90 bits per heavy atom. The lowest BCUT2D eigenvalue weighted by Crippen LogP contribution is -2.42. The Balaban J connectivity index is 1.92. The summed E-state index contributed by atoms with van der Waals surface area (Å²) in [5, 5.41) is 3.68. The monoisotopic (exact) mass is 277 g/mol. The summed E-state index contributed by atoms with van der Waals surface area (Å²) in [6, 6.07) is 9.00. The van der Waals surface area contributed by atoms with Crippen molar-refractivity contribution in [2.75, 3.05) is 13.7 Å². The molecule has 3 nitrogen and oxygen atoms in total. The molecule has 0 heterocycles. The van der Waals surface area contributed by atoms with Gasteiger partial charge in [0.25, 0.3) is 0 Å². The molecule has 0 aliphatic heterocycles. The molecule has 0 amide bonds. The number of hydrogen-bond donors (Lipinski definition) is 1. The maximum atomic E-state index is 5.60. The van der Waals surface area contributed by atoms with E-state index in [1.165, 1.54) is 36.8 Å². The third kappa shape index (κ3) is 4.30. The molecule has 0 bridgehead atoms. The van der Waals surface area contributed by atoms with Crippen molar-refractivity contribution >= 4 is 0 Å². The maximum absolute atomic E-state index is 5.60. The summed E-state index contributed by atoms with van der Waals surface area (Å²) < 4.78 is 11.1. The quantitative estimate of drug-likeness (QED) is 0.829. The average molecular weight is 277 g/mol. The Bertz CT molecular complexity index is 394. The van der Waals surface area contributed by atoms with Gasteiger partial charge in [-0.3, -0.25) is 0 Å². The van der Waals surface area contributed by atoms with Crippen molar-refractivity contribution in [1.82, 2.24) is 5.32 Å². The molecule has 1 aromatic carbocycles. The van der Waals surface area contributed by atoms with Gasteiger partial charge in [-0.15, -0.1) is 0 Å². The minimum absolute atomic E-state index is 0.364. The molecule has 2 unspecified atom stereocenters. The lowest BCUT2D eigenvalue weighted by atomic mass is 9.92. The van der Waals surface area contributed by atoms with E-state index in [-0.39, 0.29) is 0 Å². The number of ether oxygens (including phenoxy) is 2. The van der Waals surface area contributed by atoms with E-state index in [9.17, 15) is 0 Å². The molecule has 0 aromatic heterocycles. The largest absolute Gasteiger partial charge is 0.380 e. The molecule has 1 fully saturated rings. The smallest absolute Gasteiger partial charge is 0.0724 e. The van der Waals surface area contributed by atoms with E-state index in [4.69, 9.17) is 9.47 Å². The molecule has 0 saturated heterocycles. The minimum Gasteiger partial charge on any atom is -0.380 e. The van der Waals surface area contributed by atoms with E-state index in [1.54, 1.807) is 0 Å². The fourth-order valence-electron chi connectivity index (χ4n) is 2.94. The zero-order valence-corrected chi connectivity index (χ0v) is 12.7. The van der Waals surface area contributed by atoms with Crippen molar-refractivity contribution in [2.45, 2.75) is 57.9 Å². The van der Waals surface area contributed by atoms with Crippen molar-refractivity contribution in [3.8, 4) is 0 Å². The molecular formula is C17H27NO2. The van der Waals surface area contributed by atoms with Crippen LogP contribution in [-0.2, 0) is 22.6 Å². The van der Waals surface area contributed by atoms with E-state index in [2.05, 4.69) is 29.6 Å². The van der Waals surface area contributed by atoms with Gasteiger partial charge in [-0.1, -0.05) is 37.1 Å². The molecular weight excluding hydrogens is 250 g/mol. The molecule has 1 aliphatic rings. The Kier molecular flexibility index (Phi) is 6.51. The highest BCUT2D eigenvalue weighted by Crippen LogP contribution is 2.21. The third-order valence-corrected chi connectivity index (χ3v) is 4.14. The second kappa shape index (κ2) is 8.40. The molecule has 3 heteroatoms. The molecule has 2 atom stereocenters. The first kappa shape index (κ1) is 15.5. The van der Waals surface area contributed by atoms with Crippen LogP contribution in [0.25, 0.3) is 0 Å². The van der Waals surface area contributed by atoms with Crippen LogP contribution in [0.1, 0.15) is 43.7 Å². The van der Waals surface area contributed by atoms with Crippen molar-refractivity contribution in [3.63, 3.8) is 0 Å². The zero-order valence-electron chi connectivity index (χ0n) is 12.7. The van der Waals surface area contributed by atoms with Crippen LogP contribution >= 0.6 is 0 Å². The Morgan fingerprint density at radius 3 is 2.65 bits per heavy atom. The first-order valence-corrected chi connectivity index (χ1v) is 7.75. The molecule has 1 aromatic rings. The standard InChI is InChI=1S/C17H27NO2/c1-3-20-13-15-9-5-4-8-14(15)12-18-16-10-6-7-11-17(16)19-2/h4-5,8-9,16-18H,3,6-7,10-13H2,1-2H3. The molecule has 2 rings (SSSR count). The van der Waals surface area contributed by atoms with Crippen LogP contribution in [0.15, 0.2) is 24.3 Å². The van der Waals surface area contributed by atoms with Gasteiger partial charge in [0.05, 0.1) is 12.7 Å². The van der Waals surface area contributed by atoms with Gasteiger partial charge >= 0.3 is 0 Å².